The Morgan fingerprint density at radius 1 is 1.38 bits per heavy atom. The third kappa shape index (κ3) is 5.09. The predicted octanol–water partition coefficient (Wildman–Crippen LogP) is 2.25. The van der Waals surface area contributed by atoms with Crippen molar-refractivity contribution in [1.82, 2.24) is 10.2 Å². The molecule has 0 amide bonds. The normalized spacial score (nSPS) is 12.8. The predicted molar refractivity (Wildman–Crippen MR) is 63.0 cm³/mol. The van der Waals surface area contributed by atoms with Gasteiger partial charge in [-0.2, -0.15) is 0 Å². The number of nitrogens with zero attached hydrogens (tertiary/aromatic N) is 1. The van der Waals surface area contributed by atoms with Crippen LogP contribution in [0, 0.1) is 5.92 Å². The Kier molecular flexibility index (Phi) is 6.04. The monoisotopic (exact) mass is 202 g/mol. The van der Waals surface area contributed by atoms with Gasteiger partial charge in [0.2, 0.25) is 0 Å². The third-order valence-corrected chi connectivity index (χ3v) is 2.55. The van der Waals surface area contributed by atoms with Gasteiger partial charge in [0.1, 0.15) is 0 Å². The highest BCUT2D eigenvalue weighted by atomic mass is 32.1. The SMILES string of the molecule is CCNC(=S)N(C)C(C)CC(C)C. The van der Waals surface area contributed by atoms with E-state index in [1.165, 1.54) is 6.42 Å². The van der Waals surface area contributed by atoms with Gasteiger partial charge in [-0.1, -0.05) is 13.8 Å². The van der Waals surface area contributed by atoms with E-state index in [4.69, 9.17) is 12.2 Å². The third-order valence-electron chi connectivity index (χ3n) is 2.12. The van der Waals surface area contributed by atoms with Crippen molar-refractivity contribution in [2.75, 3.05) is 13.6 Å². The van der Waals surface area contributed by atoms with Crippen molar-refractivity contribution in [1.29, 1.82) is 0 Å². The summed E-state index contributed by atoms with van der Waals surface area (Å²) in [7, 11) is 2.05. The molecular weight excluding hydrogens is 180 g/mol. The van der Waals surface area contributed by atoms with Gasteiger partial charge in [0.15, 0.2) is 5.11 Å². The van der Waals surface area contributed by atoms with Crippen LogP contribution in [-0.2, 0) is 0 Å². The van der Waals surface area contributed by atoms with E-state index in [9.17, 15) is 0 Å². The summed E-state index contributed by atoms with van der Waals surface area (Å²) in [6, 6.07) is 0.520. The molecule has 78 valence electrons. The van der Waals surface area contributed by atoms with E-state index in [1.54, 1.807) is 0 Å². The second kappa shape index (κ2) is 6.19. The molecule has 3 heteroatoms. The minimum Gasteiger partial charge on any atom is -0.363 e. The lowest BCUT2D eigenvalue weighted by Gasteiger charge is -2.28. The molecule has 1 N–H and O–H groups in total. The Morgan fingerprint density at radius 2 is 1.92 bits per heavy atom. The van der Waals surface area contributed by atoms with Crippen LogP contribution < -0.4 is 5.32 Å². The van der Waals surface area contributed by atoms with Crippen molar-refractivity contribution in [2.45, 2.75) is 40.2 Å². The largest absolute Gasteiger partial charge is 0.363 e. The van der Waals surface area contributed by atoms with E-state index < -0.39 is 0 Å². The molecule has 0 aromatic rings. The van der Waals surface area contributed by atoms with Crippen LogP contribution in [0.2, 0.25) is 0 Å². The summed E-state index contributed by atoms with van der Waals surface area (Å²) in [5.41, 5.74) is 0. The number of rotatable bonds is 4. The molecule has 0 saturated carbocycles. The first kappa shape index (κ1) is 12.7. The first-order chi connectivity index (χ1) is 5.99. The first-order valence-corrected chi connectivity index (χ1v) is 5.40. The van der Waals surface area contributed by atoms with Crippen molar-refractivity contribution < 1.29 is 0 Å². The Hall–Kier alpha value is -0.310. The molecule has 0 aromatic carbocycles. The number of thiocarbonyl (C=S) groups is 1. The number of hydrogen-bond donors (Lipinski definition) is 1. The van der Waals surface area contributed by atoms with Gasteiger partial charge in [-0.3, -0.25) is 0 Å². The standard InChI is InChI=1S/C10H22N2S/c1-6-11-10(13)12(5)9(4)7-8(2)3/h8-9H,6-7H2,1-5H3,(H,11,13). The highest BCUT2D eigenvalue weighted by Crippen LogP contribution is 2.09. The molecule has 2 nitrogen and oxygen atoms in total. The summed E-state index contributed by atoms with van der Waals surface area (Å²) < 4.78 is 0. The zero-order valence-corrected chi connectivity index (χ0v) is 10.2. The van der Waals surface area contributed by atoms with Gasteiger partial charge >= 0.3 is 0 Å². The summed E-state index contributed by atoms with van der Waals surface area (Å²) in [5.74, 6) is 0.724. The molecule has 0 aliphatic carbocycles. The zero-order valence-electron chi connectivity index (χ0n) is 9.42. The Bertz CT molecular complexity index is 157. The fraction of sp³-hybridized carbons (Fsp3) is 0.900. The van der Waals surface area contributed by atoms with Gasteiger partial charge in [-0.15, -0.1) is 0 Å². The minimum absolute atomic E-state index is 0.520. The van der Waals surface area contributed by atoms with Gasteiger partial charge in [-0.05, 0) is 38.4 Å². The molecule has 1 unspecified atom stereocenters. The van der Waals surface area contributed by atoms with E-state index in [0.717, 1.165) is 17.6 Å². The van der Waals surface area contributed by atoms with E-state index in [1.807, 2.05) is 0 Å². The molecule has 0 fully saturated rings. The smallest absolute Gasteiger partial charge is 0.168 e. The van der Waals surface area contributed by atoms with Crippen LogP contribution in [-0.4, -0.2) is 29.6 Å². The van der Waals surface area contributed by atoms with Crippen LogP contribution in [0.4, 0.5) is 0 Å². The zero-order chi connectivity index (χ0) is 10.4. The second-order valence-electron chi connectivity index (χ2n) is 3.92. The Balaban J connectivity index is 3.93. The molecule has 13 heavy (non-hydrogen) atoms. The van der Waals surface area contributed by atoms with Crippen LogP contribution in [0.25, 0.3) is 0 Å². The van der Waals surface area contributed by atoms with Crippen LogP contribution in [0.5, 0.6) is 0 Å². The molecule has 0 spiro atoms. The van der Waals surface area contributed by atoms with Crippen molar-refractivity contribution in [2.24, 2.45) is 5.92 Å². The molecule has 0 saturated heterocycles. The summed E-state index contributed by atoms with van der Waals surface area (Å²) in [5, 5.41) is 4.01. The lowest BCUT2D eigenvalue weighted by molar-refractivity contribution is 0.329. The maximum absolute atomic E-state index is 5.22. The van der Waals surface area contributed by atoms with Crippen LogP contribution in [0.1, 0.15) is 34.1 Å². The van der Waals surface area contributed by atoms with Gasteiger partial charge in [0.05, 0.1) is 0 Å². The van der Waals surface area contributed by atoms with Gasteiger partial charge in [0.25, 0.3) is 0 Å². The highest BCUT2D eigenvalue weighted by Gasteiger charge is 2.12. The molecule has 0 aliphatic rings. The maximum atomic E-state index is 5.22. The minimum atomic E-state index is 0.520. The summed E-state index contributed by atoms with van der Waals surface area (Å²) in [4.78, 5) is 2.14. The fourth-order valence-electron chi connectivity index (χ4n) is 1.32. The van der Waals surface area contributed by atoms with Crippen LogP contribution in [0.3, 0.4) is 0 Å². The number of hydrogen-bond acceptors (Lipinski definition) is 1. The average Bonchev–Trinajstić information content (AvgIpc) is 2.02. The first-order valence-electron chi connectivity index (χ1n) is 4.99. The lowest BCUT2D eigenvalue weighted by Crippen LogP contribution is -2.42. The second-order valence-corrected chi connectivity index (χ2v) is 4.31. The molecule has 0 radical (unpaired) electrons. The highest BCUT2D eigenvalue weighted by molar-refractivity contribution is 7.80. The quantitative estimate of drug-likeness (QED) is 0.704. The van der Waals surface area contributed by atoms with Crippen molar-refractivity contribution in [3.8, 4) is 0 Å². The molecule has 1 atom stereocenters. The van der Waals surface area contributed by atoms with Gasteiger partial charge < -0.3 is 10.2 Å². The molecule has 0 heterocycles. The summed E-state index contributed by atoms with van der Waals surface area (Å²) >= 11 is 5.22. The van der Waals surface area contributed by atoms with E-state index in [0.29, 0.717) is 6.04 Å². The lowest BCUT2D eigenvalue weighted by atomic mass is 10.0. The topological polar surface area (TPSA) is 15.3 Å². The molecule has 0 aromatic heterocycles. The molecule has 0 rings (SSSR count). The molecule has 0 bridgehead atoms. The Labute approximate surface area is 87.7 Å². The average molecular weight is 202 g/mol. The Morgan fingerprint density at radius 3 is 2.31 bits per heavy atom. The fourth-order valence-corrected chi connectivity index (χ4v) is 1.64. The van der Waals surface area contributed by atoms with E-state index >= 15 is 0 Å². The van der Waals surface area contributed by atoms with Gasteiger partial charge in [0, 0.05) is 19.6 Å². The van der Waals surface area contributed by atoms with Crippen molar-refractivity contribution >= 4 is 17.3 Å². The van der Waals surface area contributed by atoms with Gasteiger partial charge in [-0.25, -0.2) is 0 Å². The summed E-state index contributed by atoms with van der Waals surface area (Å²) in [6.45, 7) is 9.65. The molecule has 0 aliphatic heterocycles. The van der Waals surface area contributed by atoms with Crippen molar-refractivity contribution in [3.05, 3.63) is 0 Å². The maximum Gasteiger partial charge on any atom is 0.168 e. The number of nitrogens with one attached hydrogen (secondary N) is 1. The van der Waals surface area contributed by atoms with E-state index in [-0.39, 0.29) is 0 Å². The van der Waals surface area contributed by atoms with E-state index in [2.05, 4.69) is 45.0 Å². The van der Waals surface area contributed by atoms with Crippen LogP contribution in [0.15, 0.2) is 0 Å². The summed E-state index contributed by atoms with van der Waals surface area (Å²) in [6.07, 6.45) is 1.18. The van der Waals surface area contributed by atoms with Crippen LogP contribution >= 0.6 is 12.2 Å². The van der Waals surface area contributed by atoms with Crippen molar-refractivity contribution in [3.63, 3.8) is 0 Å². The molecular formula is C10H22N2S.